The van der Waals surface area contributed by atoms with Gasteiger partial charge in [0.15, 0.2) is 0 Å². The molecule has 0 amide bonds. The van der Waals surface area contributed by atoms with Gasteiger partial charge in [-0.2, -0.15) is 0 Å². The van der Waals surface area contributed by atoms with Crippen LogP contribution in [0.3, 0.4) is 0 Å². The lowest BCUT2D eigenvalue weighted by Gasteiger charge is -2.09. The van der Waals surface area contributed by atoms with Gasteiger partial charge in [0.2, 0.25) is 0 Å². The molecule has 2 aromatic rings. The Hall–Kier alpha value is -2.17. The molecule has 5 heteroatoms. The molecule has 0 saturated heterocycles. The first-order chi connectivity index (χ1) is 9.47. The van der Waals surface area contributed by atoms with Gasteiger partial charge in [-0.3, -0.25) is 0 Å². The van der Waals surface area contributed by atoms with Gasteiger partial charge in [0, 0.05) is 11.9 Å². The minimum Gasteiger partial charge on any atom is -0.478 e. The van der Waals surface area contributed by atoms with Crippen LogP contribution in [0.4, 0.5) is 5.82 Å². The fourth-order valence-corrected chi connectivity index (χ4v) is 2.48. The average Bonchev–Trinajstić information content (AvgIpc) is 3.03. The second-order valence-electron chi connectivity index (χ2n) is 6.03. The van der Waals surface area contributed by atoms with E-state index in [0.29, 0.717) is 16.8 Å². The third-order valence-electron chi connectivity index (χ3n) is 4.12. The number of benzene rings is 1. The summed E-state index contributed by atoms with van der Waals surface area (Å²) in [7, 11) is 0. The molecule has 1 aliphatic carbocycles. The molecule has 0 aliphatic heterocycles. The van der Waals surface area contributed by atoms with Crippen molar-refractivity contribution in [2.24, 2.45) is 11.3 Å². The van der Waals surface area contributed by atoms with Crippen molar-refractivity contribution in [3.63, 3.8) is 0 Å². The van der Waals surface area contributed by atoms with E-state index in [-0.39, 0.29) is 5.56 Å². The highest BCUT2D eigenvalue weighted by Gasteiger charge is 2.45. The normalized spacial score (nSPS) is 19.8. The number of nitrogens with one attached hydrogen (secondary N) is 1. The third kappa shape index (κ3) is 2.31. The van der Waals surface area contributed by atoms with Crippen LogP contribution in [-0.2, 0) is 0 Å². The Labute approximate surface area is 117 Å². The Bertz CT molecular complexity index is 682. The second kappa shape index (κ2) is 4.44. The van der Waals surface area contributed by atoms with Crippen LogP contribution in [-0.4, -0.2) is 27.6 Å². The Kier molecular flexibility index (Phi) is 2.85. The van der Waals surface area contributed by atoms with E-state index in [1.807, 2.05) is 0 Å². The fraction of sp³-hybridized carbons (Fsp3) is 0.400. The first kappa shape index (κ1) is 12.8. The maximum atomic E-state index is 11.0. The molecule has 1 fully saturated rings. The lowest BCUT2D eigenvalue weighted by Crippen LogP contribution is -2.09. The summed E-state index contributed by atoms with van der Waals surface area (Å²) in [6.07, 6.45) is 2.69. The van der Waals surface area contributed by atoms with Crippen LogP contribution < -0.4 is 5.32 Å². The fourth-order valence-electron chi connectivity index (χ4n) is 2.48. The first-order valence-corrected chi connectivity index (χ1v) is 6.69. The molecule has 1 atom stereocenters. The molecule has 0 radical (unpaired) electrons. The molecule has 1 unspecified atom stereocenters. The minimum atomic E-state index is -0.945. The zero-order valence-electron chi connectivity index (χ0n) is 11.6. The standard InChI is InChI=1S/C15H17N3O2/c1-15(2)6-10(15)7-16-13-11-4-3-9(14(19)20)5-12(11)17-8-18-13/h3-5,8,10H,6-7H2,1-2H3,(H,19,20)(H,16,17,18). The van der Waals surface area contributed by atoms with E-state index < -0.39 is 5.97 Å². The first-order valence-electron chi connectivity index (χ1n) is 6.69. The summed E-state index contributed by atoms with van der Waals surface area (Å²) in [6, 6.07) is 4.92. The molecule has 0 bridgehead atoms. The summed E-state index contributed by atoms with van der Waals surface area (Å²) in [5.41, 5.74) is 1.31. The molecule has 2 N–H and O–H groups in total. The number of carboxylic acids is 1. The van der Waals surface area contributed by atoms with Crippen LogP contribution in [0, 0.1) is 11.3 Å². The van der Waals surface area contributed by atoms with Crippen molar-refractivity contribution in [3.05, 3.63) is 30.1 Å². The van der Waals surface area contributed by atoms with Gasteiger partial charge in [-0.05, 0) is 36.0 Å². The van der Waals surface area contributed by atoms with Crippen LogP contribution in [0.1, 0.15) is 30.6 Å². The van der Waals surface area contributed by atoms with Crippen molar-refractivity contribution in [2.75, 3.05) is 11.9 Å². The molecule has 20 heavy (non-hydrogen) atoms. The number of anilines is 1. The van der Waals surface area contributed by atoms with Gasteiger partial charge < -0.3 is 10.4 Å². The van der Waals surface area contributed by atoms with Gasteiger partial charge >= 0.3 is 5.97 Å². The van der Waals surface area contributed by atoms with E-state index in [2.05, 4.69) is 29.1 Å². The number of hydrogen-bond donors (Lipinski definition) is 2. The lowest BCUT2D eigenvalue weighted by molar-refractivity contribution is 0.0697. The molecule has 1 aromatic heterocycles. The second-order valence-corrected chi connectivity index (χ2v) is 6.03. The molecular formula is C15H17N3O2. The number of nitrogens with zero attached hydrogens (tertiary/aromatic N) is 2. The van der Waals surface area contributed by atoms with Gasteiger partial charge in [-0.25, -0.2) is 14.8 Å². The van der Waals surface area contributed by atoms with E-state index in [4.69, 9.17) is 5.11 Å². The number of rotatable bonds is 4. The maximum Gasteiger partial charge on any atom is 0.335 e. The molecule has 1 heterocycles. The highest BCUT2D eigenvalue weighted by atomic mass is 16.4. The van der Waals surface area contributed by atoms with Crippen molar-refractivity contribution in [1.29, 1.82) is 0 Å². The average molecular weight is 271 g/mol. The van der Waals surface area contributed by atoms with E-state index >= 15 is 0 Å². The van der Waals surface area contributed by atoms with Crippen molar-refractivity contribution >= 4 is 22.7 Å². The van der Waals surface area contributed by atoms with Gasteiger partial charge in [0.1, 0.15) is 12.1 Å². The monoisotopic (exact) mass is 271 g/mol. The Morgan fingerprint density at radius 1 is 1.45 bits per heavy atom. The van der Waals surface area contributed by atoms with Gasteiger partial charge in [-0.15, -0.1) is 0 Å². The third-order valence-corrected chi connectivity index (χ3v) is 4.12. The molecule has 3 rings (SSSR count). The van der Waals surface area contributed by atoms with E-state index in [1.165, 1.54) is 12.7 Å². The van der Waals surface area contributed by atoms with Crippen LogP contribution in [0.15, 0.2) is 24.5 Å². The Morgan fingerprint density at radius 3 is 2.85 bits per heavy atom. The van der Waals surface area contributed by atoms with E-state index in [0.717, 1.165) is 17.7 Å². The van der Waals surface area contributed by atoms with E-state index in [9.17, 15) is 4.79 Å². The number of fused-ring (bicyclic) bond motifs is 1. The highest BCUT2D eigenvalue weighted by molar-refractivity contribution is 5.96. The quantitative estimate of drug-likeness (QED) is 0.894. The van der Waals surface area contributed by atoms with Gasteiger partial charge in [-0.1, -0.05) is 13.8 Å². The summed E-state index contributed by atoms with van der Waals surface area (Å²) in [4.78, 5) is 19.4. The molecular weight excluding hydrogens is 254 g/mol. The number of aromatic nitrogens is 2. The topological polar surface area (TPSA) is 75.1 Å². The summed E-state index contributed by atoms with van der Waals surface area (Å²) in [6.45, 7) is 5.41. The number of carboxylic acid groups (broad SMARTS) is 1. The number of carbonyl (C=O) groups is 1. The lowest BCUT2D eigenvalue weighted by atomic mass is 10.1. The van der Waals surface area contributed by atoms with Crippen molar-refractivity contribution in [3.8, 4) is 0 Å². The number of hydrogen-bond acceptors (Lipinski definition) is 4. The van der Waals surface area contributed by atoms with Crippen LogP contribution in [0.25, 0.3) is 10.9 Å². The maximum absolute atomic E-state index is 11.0. The van der Waals surface area contributed by atoms with E-state index in [1.54, 1.807) is 18.2 Å². The van der Waals surface area contributed by atoms with Crippen LogP contribution in [0.2, 0.25) is 0 Å². The van der Waals surface area contributed by atoms with Crippen molar-refractivity contribution < 1.29 is 9.90 Å². The molecule has 104 valence electrons. The molecule has 1 saturated carbocycles. The molecule has 0 spiro atoms. The zero-order chi connectivity index (χ0) is 14.3. The molecule has 5 nitrogen and oxygen atoms in total. The van der Waals surface area contributed by atoms with Crippen LogP contribution in [0.5, 0.6) is 0 Å². The van der Waals surface area contributed by atoms with Crippen LogP contribution >= 0.6 is 0 Å². The summed E-state index contributed by atoms with van der Waals surface area (Å²) in [5, 5.41) is 13.2. The van der Waals surface area contributed by atoms with Crippen molar-refractivity contribution in [2.45, 2.75) is 20.3 Å². The summed E-state index contributed by atoms with van der Waals surface area (Å²) >= 11 is 0. The minimum absolute atomic E-state index is 0.241. The number of aromatic carboxylic acids is 1. The zero-order valence-corrected chi connectivity index (χ0v) is 11.6. The predicted octanol–water partition coefficient (Wildman–Crippen LogP) is 2.79. The smallest absolute Gasteiger partial charge is 0.335 e. The molecule has 1 aliphatic rings. The largest absolute Gasteiger partial charge is 0.478 e. The summed E-state index contributed by atoms with van der Waals surface area (Å²) < 4.78 is 0. The molecule has 1 aromatic carbocycles. The Morgan fingerprint density at radius 2 is 2.20 bits per heavy atom. The van der Waals surface area contributed by atoms with Crippen molar-refractivity contribution in [1.82, 2.24) is 9.97 Å². The highest BCUT2D eigenvalue weighted by Crippen LogP contribution is 2.51. The Balaban J connectivity index is 1.86. The SMILES string of the molecule is CC1(C)CC1CNc1ncnc2cc(C(=O)O)ccc12. The summed E-state index contributed by atoms with van der Waals surface area (Å²) in [5.74, 6) is 0.500. The van der Waals surface area contributed by atoms with Gasteiger partial charge in [0.25, 0.3) is 0 Å². The van der Waals surface area contributed by atoms with Gasteiger partial charge in [0.05, 0.1) is 11.1 Å². The predicted molar refractivity (Wildman–Crippen MR) is 76.9 cm³/mol.